The summed E-state index contributed by atoms with van der Waals surface area (Å²) in [4.78, 5) is 2.39. The smallest absolute Gasteiger partial charge is 0.314 e. The van der Waals surface area contributed by atoms with Crippen molar-refractivity contribution in [2.75, 3.05) is 26.2 Å². The quantitative estimate of drug-likeness (QED) is 0.744. The third-order valence-electron chi connectivity index (χ3n) is 5.12. The monoisotopic (exact) mass is 404 g/mol. The molecular formula is C19H21Cl2F3N2. The van der Waals surface area contributed by atoms with Gasteiger partial charge in [-0.1, -0.05) is 36.4 Å². The molecule has 0 amide bonds. The highest BCUT2D eigenvalue weighted by atomic mass is 35.5. The van der Waals surface area contributed by atoms with Gasteiger partial charge in [-0.25, -0.2) is 0 Å². The number of hydrogen-bond donors (Lipinski definition) is 1. The van der Waals surface area contributed by atoms with Gasteiger partial charge in [0.25, 0.3) is 0 Å². The minimum absolute atomic E-state index is 0. The van der Waals surface area contributed by atoms with Gasteiger partial charge in [0.1, 0.15) is 0 Å². The molecule has 2 atom stereocenters. The van der Waals surface area contributed by atoms with Gasteiger partial charge in [-0.3, -0.25) is 4.90 Å². The van der Waals surface area contributed by atoms with Crippen LogP contribution in [-0.2, 0) is 6.18 Å². The molecule has 2 aliphatic heterocycles. The molecule has 0 radical (unpaired) electrons. The van der Waals surface area contributed by atoms with Crippen molar-refractivity contribution in [3.63, 3.8) is 0 Å². The van der Waals surface area contributed by atoms with Crippen LogP contribution in [0.25, 0.3) is 0 Å². The Morgan fingerprint density at radius 2 is 1.69 bits per heavy atom. The van der Waals surface area contributed by atoms with E-state index in [-0.39, 0.29) is 36.8 Å². The molecule has 1 fully saturated rings. The second-order valence-corrected chi connectivity index (χ2v) is 6.52. The van der Waals surface area contributed by atoms with Crippen LogP contribution in [0.15, 0.2) is 48.5 Å². The van der Waals surface area contributed by atoms with Gasteiger partial charge in [0.05, 0.1) is 5.56 Å². The Morgan fingerprint density at radius 3 is 2.38 bits per heavy atom. The fraction of sp³-hybridized carbons (Fsp3) is 0.368. The summed E-state index contributed by atoms with van der Waals surface area (Å²) in [5, 5.41) is 3.36. The van der Waals surface area contributed by atoms with E-state index in [4.69, 9.17) is 0 Å². The summed E-state index contributed by atoms with van der Waals surface area (Å²) >= 11 is 0. The van der Waals surface area contributed by atoms with Crippen LogP contribution in [0.3, 0.4) is 0 Å². The maximum atomic E-state index is 13.2. The average Bonchev–Trinajstić information content (AvgIpc) is 2.60. The SMILES string of the molecule is Cl.Cl.FC(F)(F)c1ccc2c(c1)[C@@H](c1ccccc1)CN1CCNC[C@@H]21. The van der Waals surface area contributed by atoms with Crippen molar-refractivity contribution in [2.24, 2.45) is 0 Å². The molecule has 0 aliphatic carbocycles. The molecule has 0 unspecified atom stereocenters. The van der Waals surface area contributed by atoms with Gasteiger partial charge < -0.3 is 5.32 Å². The van der Waals surface area contributed by atoms with Crippen molar-refractivity contribution in [2.45, 2.75) is 18.1 Å². The van der Waals surface area contributed by atoms with Crippen molar-refractivity contribution in [1.82, 2.24) is 10.2 Å². The van der Waals surface area contributed by atoms with E-state index in [9.17, 15) is 13.2 Å². The lowest BCUT2D eigenvalue weighted by Gasteiger charge is -2.44. The van der Waals surface area contributed by atoms with Crippen LogP contribution in [0, 0.1) is 0 Å². The number of hydrogen-bond acceptors (Lipinski definition) is 2. The Balaban J connectivity index is 0.00000121. The summed E-state index contributed by atoms with van der Waals surface area (Å²) < 4.78 is 39.6. The molecule has 0 saturated carbocycles. The Kier molecular flexibility index (Phi) is 6.61. The minimum atomic E-state index is -4.31. The topological polar surface area (TPSA) is 15.3 Å². The van der Waals surface area contributed by atoms with Crippen LogP contribution in [0.4, 0.5) is 13.2 Å². The van der Waals surface area contributed by atoms with Crippen LogP contribution in [0.1, 0.15) is 34.2 Å². The Hall–Kier alpha value is -1.27. The minimum Gasteiger partial charge on any atom is -0.314 e. The highest BCUT2D eigenvalue weighted by Crippen LogP contribution is 2.42. The predicted molar refractivity (Wildman–Crippen MR) is 101 cm³/mol. The van der Waals surface area contributed by atoms with Crippen LogP contribution in [0.5, 0.6) is 0 Å². The summed E-state index contributed by atoms with van der Waals surface area (Å²) in [6.45, 7) is 3.41. The number of fused-ring (bicyclic) bond motifs is 3. The second-order valence-electron chi connectivity index (χ2n) is 6.52. The lowest BCUT2D eigenvalue weighted by molar-refractivity contribution is -0.137. The summed E-state index contributed by atoms with van der Waals surface area (Å²) in [5.41, 5.74) is 2.37. The Morgan fingerprint density at radius 1 is 0.962 bits per heavy atom. The summed E-state index contributed by atoms with van der Waals surface area (Å²) in [6.07, 6.45) is -4.31. The van der Waals surface area contributed by atoms with Crippen LogP contribution < -0.4 is 5.32 Å². The van der Waals surface area contributed by atoms with Gasteiger partial charge in [0.15, 0.2) is 0 Å². The lowest BCUT2D eigenvalue weighted by Crippen LogP contribution is -2.50. The summed E-state index contributed by atoms with van der Waals surface area (Å²) in [7, 11) is 0. The molecule has 4 rings (SSSR count). The molecule has 2 aliphatic rings. The molecule has 0 spiro atoms. The third-order valence-corrected chi connectivity index (χ3v) is 5.12. The maximum Gasteiger partial charge on any atom is 0.416 e. The van der Waals surface area contributed by atoms with Crippen molar-refractivity contribution in [3.8, 4) is 0 Å². The molecule has 0 bridgehead atoms. The molecule has 0 aromatic heterocycles. The molecule has 7 heteroatoms. The van der Waals surface area contributed by atoms with Gasteiger partial charge in [0.2, 0.25) is 0 Å². The van der Waals surface area contributed by atoms with Crippen molar-refractivity contribution >= 4 is 24.8 Å². The summed E-state index contributed by atoms with van der Waals surface area (Å²) in [5.74, 6) is -0.0159. The Bertz CT molecular complexity index is 737. The van der Waals surface area contributed by atoms with E-state index in [2.05, 4.69) is 10.2 Å². The molecule has 26 heavy (non-hydrogen) atoms. The number of halogens is 5. The fourth-order valence-corrected chi connectivity index (χ4v) is 3.93. The molecular weight excluding hydrogens is 384 g/mol. The first-order chi connectivity index (χ1) is 11.5. The zero-order chi connectivity index (χ0) is 16.7. The number of rotatable bonds is 1. The van der Waals surface area contributed by atoms with Crippen LogP contribution >= 0.6 is 24.8 Å². The highest BCUT2D eigenvalue weighted by Gasteiger charge is 2.38. The van der Waals surface area contributed by atoms with Gasteiger partial charge in [0, 0.05) is 38.1 Å². The number of nitrogens with one attached hydrogen (secondary N) is 1. The predicted octanol–water partition coefficient (Wildman–Crippen LogP) is 4.64. The fourth-order valence-electron chi connectivity index (χ4n) is 3.93. The zero-order valence-electron chi connectivity index (χ0n) is 14.0. The van der Waals surface area contributed by atoms with Gasteiger partial charge in [-0.05, 0) is 28.8 Å². The van der Waals surface area contributed by atoms with E-state index in [1.807, 2.05) is 30.3 Å². The van der Waals surface area contributed by atoms with Crippen molar-refractivity contribution in [1.29, 1.82) is 0 Å². The van der Waals surface area contributed by atoms with Crippen LogP contribution in [0.2, 0.25) is 0 Å². The normalized spacial score (nSPS) is 22.4. The highest BCUT2D eigenvalue weighted by molar-refractivity contribution is 5.85. The summed E-state index contributed by atoms with van der Waals surface area (Å²) in [6, 6.07) is 14.3. The zero-order valence-corrected chi connectivity index (χ0v) is 15.6. The van der Waals surface area contributed by atoms with Gasteiger partial charge >= 0.3 is 6.18 Å². The van der Waals surface area contributed by atoms with E-state index in [0.717, 1.165) is 42.9 Å². The van der Waals surface area contributed by atoms with E-state index in [1.54, 1.807) is 6.07 Å². The average molecular weight is 405 g/mol. The van der Waals surface area contributed by atoms with E-state index in [0.29, 0.717) is 0 Å². The standard InChI is InChI=1S/C19H19F3N2.2ClH/c20-19(21,22)14-6-7-15-16(10-14)17(13-4-2-1-3-5-13)12-24-9-8-23-11-18(15)24;;/h1-7,10,17-18,23H,8-9,11-12H2;2*1H/t17-,18+;;/m1../s1. The maximum absolute atomic E-state index is 13.2. The first-order valence-electron chi connectivity index (χ1n) is 8.25. The number of piperazine rings is 1. The van der Waals surface area contributed by atoms with Crippen molar-refractivity contribution in [3.05, 3.63) is 70.8 Å². The Labute approximate surface area is 163 Å². The number of nitrogens with zero attached hydrogens (tertiary/aromatic N) is 1. The molecule has 2 aromatic rings. The largest absolute Gasteiger partial charge is 0.416 e. The van der Waals surface area contributed by atoms with Gasteiger partial charge in [-0.15, -0.1) is 24.8 Å². The first-order valence-corrected chi connectivity index (χ1v) is 8.25. The van der Waals surface area contributed by atoms with E-state index < -0.39 is 11.7 Å². The molecule has 1 N–H and O–H groups in total. The molecule has 2 heterocycles. The van der Waals surface area contributed by atoms with Crippen molar-refractivity contribution < 1.29 is 13.2 Å². The van der Waals surface area contributed by atoms with Gasteiger partial charge in [-0.2, -0.15) is 13.2 Å². The molecule has 142 valence electrons. The second kappa shape index (κ2) is 8.17. The first kappa shape index (κ1) is 21.0. The van der Waals surface area contributed by atoms with Crippen LogP contribution in [-0.4, -0.2) is 31.1 Å². The number of benzene rings is 2. The lowest BCUT2D eigenvalue weighted by atomic mass is 9.80. The number of alkyl halides is 3. The molecule has 1 saturated heterocycles. The van der Waals surface area contributed by atoms with E-state index >= 15 is 0 Å². The third kappa shape index (κ3) is 3.86. The molecule has 2 aromatic carbocycles. The van der Waals surface area contributed by atoms with E-state index in [1.165, 1.54) is 12.1 Å². The molecule has 2 nitrogen and oxygen atoms in total.